The summed E-state index contributed by atoms with van der Waals surface area (Å²) in [6, 6.07) is 11.7. The van der Waals surface area contributed by atoms with Gasteiger partial charge in [-0.3, -0.25) is 0 Å². The van der Waals surface area contributed by atoms with Gasteiger partial charge in [-0.05, 0) is 24.1 Å². The molecule has 2 rings (SSSR count). The topological polar surface area (TPSA) is 78.1 Å². The van der Waals surface area contributed by atoms with Crippen molar-refractivity contribution in [2.24, 2.45) is 10.7 Å². The minimum atomic E-state index is 0. The number of hydrogen-bond donors (Lipinski definition) is 2. The Morgan fingerprint density at radius 2 is 1.58 bits per heavy atom. The molecule has 7 heteroatoms. The average Bonchev–Trinajstić information content (AvgIpc) is 2.66. The van der Waals surface area contributed by atoms with Crippen molar-refractivity contribution in [1.82, 2.24) is 0 Å². The van der Waals surface area contributed by atoms with Gasteiger partial charge in [0.25, 0.3) is 0 Å². The van der Waals surface area contributed by atoms with Crippen LogP contribution in [0.5, 0.6) is 17.2 Å². The number of aryl methyl sites for hydroxylation is 1. The molecule has 0 aliphatic rings. The molecule has 26 heavy (non-hydrogen) atoms. The molecule has 0 aliphatic carbocycles. The minimum Gasteiger partial charge on any atom is -0.496 e. The third-order valence-corrected chi connectivity index (χ3v) is 3.86. The van der Waals surface area contributed by atoms with Gasteiger partial charge >= 0.3 is 0 Å². The highest BCUT2D eigenvalue weighted by Crippen LogP contribution is 2.34. The Balaban J connectivity index is 0.00000338. The van der Waals surface area contributed by atoms with Gasteiger partial charge in [-0.15, -0.1) is 24.0 Å². The summed E-state index contributed by atoms with van der Waals surface area (Å²) < 4.78 is 16.1. The van der Waals surface area contributed by atoms with E-state index in [1.807, 2.05) is 12.1 Å². The normalized spacial score (nSPS) is 10.7. The lowest BCUT2D eigenvalue weighted by Gasteiger charge is -2.14. The number of benzene rings is 2. The fourth-order valence-corrected chi connectivity index (χ4v) is 2.41. The smallest absolute Gasteiger partial charge is 0.193 e. The van der Waals surface area contributed by atoms with Crippen LogP contribution in [-0.2, 0) is 13.0 Å². The molecule has 0 bridgehead atoms. The van der Waals surface area contributed by atoms with E-state index in [1.165, 1.54) is 5.56 Å². The summed E-state index contributed by atoms with van der Waals surface area (Å²) >= 11 is 0. The fourth-order valence-electron chi connectivity index (χ4n) is 2.41. The summed E-state index contributed by atoms with van der Waals surface area (Å²) in [6.07, 6.45) is 1.00. The number of aliphatic imine (C=N–C) groups is 1. The van der Waals surface area contributed by atoms with Gasteiger partial charge in [-0.2, -0.15) is 0 Å². The molecule has 3 N–H and O–H groups in total. The van der Waals surface area contributed by atoms with Crippen LogP contribution in [-0.4, -0.2) is 27.3 Å². The van der Waals surface area contributed by atoms with Gasteiger partial charge in [0.15, 0.2) is 5.96 Å². The van der Waals surface area contributed by atoms with Crippen molar-refractivity contribution in [3.8, 4) is 17.2 Å². The molecule has 0 spiro atoms. The van der Waals surface area contributed by atoms with Gasteiger partial charge in [0.1, 0.15) is 17.2 Å². The first-order chi connectivity index (χ1) is 12.1. The third-order valence-electron chi connectivity index (χ3n) is 3.86. The Labute approximate surface area is 171 Å². The zero-order valence-corrected chi connectivity index (χ0v) is 17.9. The van der Waals surface area contributed by atoms with Crippen LogP contribution >= 0.6 is 24.0 Å². The highest BCUT2D eigenvalue weighted by atomic mass is 127. The first-order valence-electron chi connectivity index (χ1n) is 8.06. The maximum atomic E-state index is 6.00. The quantitative estimate of drug-likeness (QED) is 0.365. The lowest BCUT2D eigenvalue weighted by atomic mass is 10.1. The lowest BCUT2D eigenvalue weighted by Crippen LogP contribution is -2.22. The second-order valence-electron chi connectivity index (χ2n) is 5.39. The number of halogens is 1. The predicted molar refractivity (Wildman–Crippen MR) is 116 cm³/mol. The van der Waals surface area contributed by atoms with Crippen molar-refractivity contribution in [2.75, 3.05) is 26.6 Å². The Bertz CT molecular complexity index is 708. The van der Waals surface area contributed by atoms with Crippen LogP contribution in [0.3, 0.4) is 0 Å². The first kappa shape index (κ1) is 21.9. The molecule has 0 saturated heterocycles. The maximum absolute atomic E-state index is 6.00. The number of hydrogen-bond acceptors (Lipinski definition) is 4. The predicted octanol–water partition coefficient (Wildman–Crippen LogP) is 3.82. The van der Waals surface area contributed by atoms with Gasteiger partial charge in [0, 0.05) is 17.8 Å². The molecule has 0 amide bonds. The largest absolute Gasteiger partial charge is 0.496 e. The summed E-state index contributed by atoms with van der Waals surface area (Å²) in [4.78, 5) is 4.39. The number of anilines is 1. The molecule has 0 atom stereocenters. The van der Waals surface area contributed by atoms with E-state index < -0.39 is 0 Å². The molecule has 0 fully saturated rings. The van der Waals surface area contributed by atoms with E-state index in [2.05, 4.69) is 29.4 Å². The van der Waals surface area contributed by atoms with E-state index >= 15 is 0 Å². The zero-order valence-electron chi connectivity index (χ0n) is 15.5. The minimum absolute atomic E-state index is 0. The summed E-state index contributed by atoms with van der Waals surface area (Å²) in [5.74, 6) is 2.26. The third kappa shape index (κ3) is 5.69. The Morgan fingerprint density at radius 3 is 2.04 bits per heavy atom. The van der Waals surface area contributed by atoms with Crippen molar-refractivity contribution in [1.29, 1.82) is 0 Å². The van der Waals surface area contributed by atoms with Crippen LogP contribution in [0.2, 0.25) is 0 Å². The number of nitrogens with two attached hydrogens (primary N) is 1. The van der Waals surface area contributed by atoms with Crippen molar-refractivity contribution in [3.63, 3.8) is 0 Å². The summed E-state index contributed by atoms with van der Waals surface area (Å²) in [5, 5.41) is 3.08. The van der Waals surface area contributed by atoms with Gasteiger partial charge in [-0.25, -0.2) is 4.99 Å². The van der Waals surface area contributed by atoms with Gasteiger partial charge in [0.05, 0.1) is 33.4 Å². The van der Waals surface area contributed by atoms with Gasteiger partial charge in [0.2, 0.25) is 0 Å². The summed E-state index contributed by atoms with van der Waals surface area (Å²) in [5.41, 5.74) is 8.97. The van der Waals surface area contributed by atoms with E-state index in [4.69, 9.17) is 19.9 Å². The number of nitrogens with one attached hydrogen (secondary N) is 1. The number of nitrogens with zero attached hydrogens (tertiary/aromatic N) is 1. The number of methoxy groups -OCH3 is 3. The standard InChI is InChI=1S/C19H25N3O3.HI/c1-5-13-6-8-14(9-7-13)22-19(20)21-12-16-17(24-3)10-15(23-2)11-18(16)25-4;/h6-11H,5,12H2,1-4H3,(H3,20,21,22);1H. The Hall–Kier alpha value is -2.16. The highest BCUT2D eigenvalue weighted by Gasteiger charge is 2.13. The van der Waals surface area contributed by atoms with Gasteiger partial charge in [-0.1, -0.05) is 19.1 Å². The van der Waals surface area contributed by atoms with Crippen LogP contribution in [0.25, 0.3) is 0 Å². The molecule has 0 aromatic heterocycles. The molecule has 0 aliphatic heterocycles. The molecule has 0 heterocycles. The molecule has 0 radical (unpaired) electrons. The van der Waals surface area contributed by atoms with E-state index in [1.54, 1.807) is 33.5 Å². The number of ether oxygens (including phenoxy) is 3. The van der Waals surface area contributed by atoms with E-state index in [0.717, 1.165) is 17.7 Å². The summed E-state index contributed by atoms with van der Waals surface area (Å²) in [6.45, 7) is 2.44. The molecule has 2 aromatic rings. The molecule has 6 nitrogen and oxygen atoms in total. The van der Waals surface area contributed by atoms with Crippen molar-refractivity contribution >= 4 is 35.6 Å². The van der Waals surface area contributed by atoms with Crippen molar-refractivity contribution in [3.05, 3.63) is 47.5 Å². The van der Waals surface area contributed by atoms with Crippen molar-refractivity contribution < 1.29 is 14.2 Å². The second kappa shape index (κ2) is 10.7. The molecule has 142 valence electrons. The van der Waals surface area contributed by atoms with Crippen LogP contribution < -0.4 is 25.3 Å². The highest BCUT2D eigenvalue weighted by molar-refractivity contribution is 14.0. The maximum Gasteiger partial charge on any atom is 0.193 e. The molecule has 0 unspecified atom stereocenters. The number of guanidine groups is 1. The van der Waals surface area contributed by atoms with Crippen LogP contribution in [0, 0.1) is 0 Å². The molecule has 0 saturated carbocycles. The molecular formula is C19H26IN3O3. The molecular weight excluding hydrogens is 445 g/mol. The summed E-state index contributed by atoms with van der Waals surface area (Å²) in [7, 11) is 4.79. The monoisotopic (exact) mass is 471 g/mol. The van der Waals surface area contributed by atoms with E-state index in [-0.39, 0.29) is 24.0 Å². The first-order valence-corrected chi connectivity index (χ1v) is 8.06. The van der Waals surface area contributed by atoms with E-state index in [0.29, 0.717) is 29.8 Å². The second-order valence-corrected chi connectivity index (χ2v) is 5.39. The van der Waals surface area contributed by atoms with E-state index in [9.17, 15) is 0 Å². The van der Waals surface area contributed by atoms with Crippen LogP contribution in [0.1, 0.15) is 18.1 Å². The van der Waals surface area contributed by atoms with Crippen LogP contribution in [0.15, 0.2) is 41.4 Å². The Kier molecular flexibility index (Phi) is 9.04. The lowest BCUT2D eigenvalue weighted by molar-refractivity contribution is 0.369. The molecule has 2 aromatic carbocycles. The Morgan fingerprint density at radius 1 is 1.00 bits per heavy atom. The van der Waals surface area contributed by atoms with Crippen molar-refractivity contribution in [2.45, 2.75) is 19.9 Å². The average molecular weight is 471 g/mol. The SMILES string of the molecule is CCc1ccc(NC(N)=NCc2c(OC)cc(OC)cc2OC)cc1.I. The van der Waals surface area contributed by atoms with Gasteiger partial charge < -0.3 is 25.3 Å². The number of rotatable bonds is 7. The fraction of sp³-hybridized carbons (Fsp3) is 0.316. The zero-order chi connectivity index (χ0) is 18.2. The van der Waals surface area contributed by atoms with Crippen LogP contribution in [0.4, 0.5) is 5.69 Å².